The van der Waals surface area contributed by atoms with Gasteiger partial charge in [0.15, 0.2) is 0 Å². The normalized spacial score (nSPS) is 16.0. The number of nitrogens with one attached hydrogen (secondary N) is 3. The maximum Gasteiger partial charge on any atom is 0.257 e. The summed E-state index contributed by atoms with van der Waals surface area (Å²) in [6, 6.07) is 17.5. The monoisotopic (exact) mass is 607 g/mol. The van der Waals surface area contributed by atoms with Crippen molar-refractivity contribution >= 4 is 23.3 Å². The van der Waals surface area contributed by atoms with Gasteiger partial charge in [0.25, 0.3) is 5.91 Å². The largest absolute Gasteiger partial charge is 0.496 e. The fourth-order valence-corrected chi connectivity index (χ4v) is 6.38. The van der Waals surface area contributed by atoms with Gasteiger partial charge in [-0.3, -0.25) is 9.59 Å². The highest BCUT2D eigenvalue weighted by molar-refractivity contribution is 6.01. The number of halogens is 1. The Morgan fingerprint density at radius 2 is 1.78 bits per heavy atom. The van der Waals surface area contributed by atoms with Crippen molar-refractivity contribution in [3.8, 4) is 28.0 Å². The van der Waals surface area contributed by atoms with Gasteiger partial charge in [0.1, 0.15) is 17.4 Å². The van der Waals surface area contributed by atoms with Gasteiger partial charge in [-0.1, -0.05) is 30.3 Å². The molecular weight excluding hydrogens is 569 g/mol. The molecule has 3 N–H and O–H groups in total. The lowest BCUT2D eigenvalue weighted by Gasteiger charge is -2.26. The molecule has 0 radical (unpaired) electrons. The van der Waals surface area contributed by atoms with Gasteiger partial charge in [-0.25, -0.2) is 9.37 Å². The summed E-state index contributed by atoms with van der Waals surface area (Å²) in [7, 11) is 3.36. The molecule has 6 rings (SSSR count). The summed E-state index contributed by atoms with van der Waals surface area (Å²) in [6.07, 6.45) is 3.85. The van der Waals surface area contributed by atoms with Crippen molar-refractivity contribution in [1.82, 2.24) is 20.5 Å². The highest BCUT2D eigenvalue weighted by Gasteiger charge is 2.26. The van der Waals surface area contributed by atoms with Crippen LogP contribution >= 0.6 is 0 Å². The first-order chi connectivity index (χ1) is 21.7. The summed E-state index contributed by atoms with van der Waals surface area (Å²) in [5.74, 6) is 0.704. The van der Waals surface area contributed by atoms with Crippen LogP contribution in [0.25, 0.3) is 22.3 Å². The molecule has 8 nitrogen and oxygen atoms in total. The lowest BCUT2D eigenvalue weighted by molar-refractivity contribution is -0.119. The molecule has 3 heterocycles. The number of pyridine rings is 1. The highest BCUT2D eigenvalue weighted by atomic mass is 19.1. The standard InChI is InChI=1S/C36H38FN5O3/c1-21-26(24-17-30(37)29(32(18-24)45-4)20-38-19-25-11-12-33(43)40-25)7-5-8-27(21)28-9-6-10-31(22(28)2)41-35-34-23(13-15-39-35)14-16-42(3)36(34)44/h5-10,13,15,17-18,25,38H,11-12,14,16,19-20H2,1-4H3,(H,39,41)(H,40,43)/t25-/m0/s1. The van der Waals surface area contributed by atoms with Crippen LogP contribution < -0.4 is 20.7 Å². The van der Waals surface area contributed by atoms with Crippen LogP contribution in [0.5, 0.6) is 5.75 Å². The summed E-state index contributed by atoms with van der Waals surface area (Å²) in [5, 5.41) is 9.63. The Hall–Kier alpha value is -4.76. The van der Waals surface area contributed by atoms with E-state index < -0.39 is 0 Å². The van der Waals surface area contributed by atoms with E-state index in [-0.39, 0.29) is 23.7 Å². The van der Waals surface area contributed by atoms with Crippen LogP contribution in [0.1, 0.15) is 45.5 Å². The van der Waals surface area contributed by atoms with Crippen molar-refractivity contribution in [3.63, 3.8) is 0 Å². The molecule has 1 atom stereocenters. The minimum Gasteiger partial charge on any atom is -0.496 e. The lowest BCUT2D eigenvalue weighted by Crippen LogP contribution is -2.35. The highest BCUT2D eigenvalue weighted by Crippen LogP contribution is 2.38. The van der Waals surface area contributed by atoms with E-state index in [1.54, 1.807) is 24.3 Å². The van der Waals surface area contributed by atoms with E-state index in [4.69, 9.17) is 4.74 Å². The molecule has 2 aliphatic heterocycles. The number of rotatable bonds is 9. The molecule has 45 heavy (non-hydrogen) atoms. The molecule has 232 valence electrons. The van der Waals surface area contributed by atoms with Gasteiger partial charge in [0.2, 0.25) is 5.91 Å². The molecule has 9 heteroatoms. The summed E-state index contributed by atoms with van der Waals surface area (Å²) < 4.78 is 21.2. The Morgan fingerprint density at radius 3 is 2.53 bits per heavy atom. The smallest absolute Gasteiger partial charge is 0.257 e. The van der Waals surface area contributed by atoms with Crippen molar-refractivity contribution in [2.75, 3.05) is 32.6 Å². The fourth-order valence-electron chi connectivity index (χ4n) is 6.38. The Labute approximate surface area is 263 Å². The van der Waals surface area contributed by atoms with Crippen molar-refractivity contribution in [2.24, 2.45) is 0 Å². The third-order valence-electron chi connectivity index (χ3n) is 8.99. The fraction of sp³-hybridized carbons (Fsp3) is 0.306. The number of carbonyl (C=O) groups is 2. The number of hydrogen-bond donors (Lipinski definition) is 3. The summed E-state index contributed by atoms with van der Waals surface area (Å²) in [5.41, 5.74) is 8.64. The van der Waals surface area contributed by atoms with Crippen molar-refractivity contribution in [1.29, 1.82) is 0 Å². The van der Waals surface area contributed by atoms with Gasteiger partial charge in [-0.05, 0) is 89.9 Å². The quantitative estimate of drug-likeness (QED) is 0.219. The zero-order chi connectivity index (χ0) is 31.7. The Kier molecular flexibility index (Phi) is 8.54. The van der Waals surface area contributed by atoms with Crippen LogP contribution in [-0.2, 0) is 17.8 Å². The second-order valence-corrected chi connectivity index (χ2v) is 11.8. The van der Waals surface area contributed by atoms with Crippen LogP contribution in [-0.4, -0.2) is 55.0 Å². The van der Waals surface area contributed by atoms with Gasteiger partial charge in [0, 0.05) is 56.6 Å². The van der Waals surface area contributed by atoms with E-state index in [1.807, 2.05) is 50.4 Å². The molecule has 4 aromatic rings. The SMILES string of the molecule is COc1cc(-c2cccc(-c3cccc(Nc4nccc5c4C(=O)N(C)CC5)c3C)c2C)cc(F)c1CNC[C@@H]1CCC(=O)N1. The number of aromatic nitrogens is 1. The zero-order valence-corrected chi connectivity index (χ0v) is 26.1. The number of methoxy groups -OCH3 is 1. The van der Waals surface area contributed by atoms with E-state index in [0.29, 0.717) is 48.7 Å². The van der Waals surface area contributed by atoms with Gasteiger partial charge >= 0.3 is 0 Å². The molecule has 2 aliphatic rings. The van der Waals surface area contributed by atoms with Gasteiger partial charge in [0.05, 0.1) is 12.7 Å². The average Bonchev–Trinajstić information content (AvgIpc) is 3.45. The first-order valence-corrected chi connectivity index (χ1v) is 15.3. The van der Waals surface area contributed by atoms with Crippen molar-refractivity contribution in [2.45, 2.75) is 45.7 Å². The number of amides is 2. The van der Waals surface area contributed by atoms with Gasteiger partial charge in [-0.15, -0.1) is 0 Å². The summed E-state index contributed by atoms with van der Waals surface area (Å²) >= 11 is 0. The van der Waals surface area contributed by atoms with Crippen LogP contribution in [0.3, 0.4) is 0 Å². The van der Waals surface area contributed by atoms with Gasteiger partial charge in [-0.2, -0.15) is 0 Å². The molecule has 3 aromatic carbocycles. The van der Waals surface area contributed by atoms with E-state index in [2.05, 4.69) is 40.0 Å². The number of benzene rings is 3. The van der Waals surface area contributed by atoms with E-state index in [1.165, 1.54) is 0 Å². The second kappa shape index (κ2) is 12.7. The number of fused-ring (bicyclic) bond motifs is 1. The molecular formula is C36H38FN5O3. The minimum absolute atomic E-state index is 0.0315. The molecule has 0 spiro atoms. The Balaban J connectivity index is 1.28. The first-order valence-electron chi connectivity index (χ1n) is 15.3. The molecule has 2 amide bonds. The van der Waals surface area contributed by atoms with E-state index in [0.717, 1.165) is 57.5 Å². The third kappa shape index (κ3) is 6.00. The Bertz CT molecular complexity index is 1790. The molecule has 1 saturated heterocycles. The zero-order valence-electron chi connectivity index (χ0n) is 26.1. The van der Waals surface area contributed by atoms with Crippen LogP contribution in [0.15, 0.2) is 60.8 Å². The second-order valence-electron chi connectivity index (χ2n) is 11.8. The number of hydrogen-bond acceptors (Lipinski definition) is 6. The van der Waals surface area contributed by atoms with Crippen LogP contribution in [0.4, 0.5) is 15.9 Å². The molecule has 1 fully saturated rings. The molecule has 1 aromatic heterocycles. The predicted molar refractivity (Wildman–Crippen MR) is 174 cm³/mol. The van der Waals surface area contributed by atoms with E-state index >= 15 is 4.39 Å². The number of ether oxygens (including phenoxy) is 1. The predicted octanol–water partition coefficient (Wildman–Crippen LogP) is 5.92. The summed E-state index contributed by atoms with van der Waals surface area (Å²) in [4.78, 5) is 30.8. The molecule has 0 bridgehead atoms. The number of anilines is 2. The average molecular weight is 608 g/mol. The van der Waals surface area contributed by atoms with Crippen LogP contribution in [0.2, 0.25) is 0 Å². The molecule has 0 saturated carbocycles. The maximum atomic E-state index is 15.6. The van der Waals surface area contributed by atoms with Crippen LogP contribution in [0, 0.1) is 19.7 Å². The number of likely N-dealkylation sites (N-methyl/N-ethyl adjacent to an activating group) is 1. The van der Waals surface area contributed by atoms with Crippen molar-refractivity contribution in [3.05, 3.63) is 94.4 Å². The first kappa shape index (κ1) is 30.3. The summed E-state index contributed by atoms with van der Waals surface area (Å²) in [6.45, 7) is 5.65. The molecule has 0 aliphatic carbocycles. The molecule has 0 unspecified atom stereocenters. The van der Waals surface area contributed by atoms with Gasteiger partial charge < -0.3 is 25.6 Å². The van der Waals surface area contributed by atoms with E-state index in [9.17, 15) is 9.59 Å². The topological polar surface area (TPSA) is 95.6 Å². The Morgan fingerprint density at radius 1 is 1.02 bits per heavy atom. The lowest BCUT2D eigenvalue weighted by atomic mass is 9.90. The minimum atomic E-state index is -0.349. The maximum absolute atomic E-state index is 15.6. The third-order valence-corrected chi connectivity index (χ3v) is 8.99. The number of carbonyl (C=O) groups excluding carboxylic acids is 2. The van der Waals surface area contributed by atoms with Crippen molar-refractivity contribution < 1.29 is 18.7 Å². The number of nitrogens with zero attached hydrogens (tertiary/aromatic N) is 2.